The van der Waals surface area contributed by atoms with E-state index in [4.69, 9.17) is 11.6 Å². The molecule has 0 aromatic heterocycles. The summed E-state index contributed by atoms with van der Waals surface area (Å²) in [5.74, 6) is 1.56. The molecule has 21 heavy (non-hydrogen) atoms. The van der Waals surface area contributed by atoms with Crippen molar-refractivity contribution in [2.45, 2.75) is 13.3 Å². The van der Waals surface area contributed by atoms with Crippen LogP contribution in [0.3, 0.4) is 0 Å². The fourth-order valence-electron chi connectivity index (χ4n) is 3.38. The second-order valence-corrected chi connectivity index (χ2v) is 6.65. The summed E-state index contributed by atoms with van der Waals surface area (Å²) in [5.41, 5.74) is 1.84. The molecule has 2 fully saturated rings. The Labute approximate surface area is 130 Å². The van der Waals surface area contributed by atoms with E-state index in [-0.39, 0.29) is 5.91 Å². The summed E-state index contributed by atoms with van der Waals surface area (Å²) in [6, 6.07) is 5.57. The van der Waals surface area contributed by atoms with Crippen LogP contribution >= 0.6 is 11.6 Å². The largest absolute Gasteiger partial charge is 0.325 e. The van der Waals surface area contributed by atoms with E-state index in [9.17, 15) is 4.79 Å². The van der Waals surface area contributed by atoms with Crippen LogP contribution < -0.4 is 10.6 Å². The van der Waals surface area contributed by atoms with E-state index in [0.717, 1.165) is 43.3 Å². The third kappa shape index (κ3) is 3.57. The Morgan fingerprint density at radius 2 is 2.24 bits per heavy atom. The number of anilines is 1. The fourth-order valence-corrected chi connectivity index (χ4v) is 3.55. The van der Waals surface area contributed by atoms with Crippen molar-refractivity contribution in [3.8, 4) is 0 Å². The minimum absolute atomic E-state index is 0.0461. The SMILES string of the molecule is Cc1ccc(Cl)cc1NC(=O)CN1CCC2CNCC2C1. The third-order valence-corrected chi connectivity index (χ3v) is 4.86. The third-order valence-electron chi connectivity index (χ3n) is 4.63. The number of nitrogens with zero attached hydrogens (tertiary/aromatic N) is 1. The molecular weight excluding hydrogens is 286 g/mol. The summed E-state index contributed by atoms with van der Waals surface area (Å²) in [6.07, 6.45) is 1.20. The number of likely N-dealkylation sites (tertiary alicyclic amines) is 1. The first kappa shape index (κ1) is 14.8. The minimum Gasteiger partial charge on any atom is -0.325 e. The molecule has 2 saturated heterocycles. The van der Waals surface area contributed by atoms with Crippen LogP contribution in [0.4, 0.5) is 5.69 Å². The van der Waals surface area contributed by atoms with Crippen LogP contribution in [0.5, 0.6) is 0 Å². The highest BCUT2D eigenvalue weighted by Crippen LogP contribution is 2.26. The molecule has 5 heteroatoms. The minimum atomic E-state index is 0.0461. The van der Waals surface area contributed by atoms with Crippen molar-refractivity contribution >= 4 is 23.2 Å². The Kier molecular flexibility index (Phi) is 4.48. The summed E-state index contributed by atoms with van der Waals surface area (Å²) >= 11 is 5.98. The second-order valence-electron chi connectivity index (χ2n) is 6.21. The average molecular weight is 308 g/mol. The number of nitrogens with one attached hydrogen (secondary N) is 2. The number of fused-ring (bicyclic) bond motifs is 1. The lowest BCUT2D eigenvalue weighted by atomic mass is 9.89. The topological polar surface area (TPSA) is 44.4 Å². The van der Waals surface area contributed by atoms with E-state index in [1.165, 1.54) is 6.42 Å². The number of benzene rings is 1. The Balaban J connectivity index is 1.55. The highest BCUT2D eigenvalue weighted by molar-refractivity contribution is 6.31. The van der Waals surface area contributed by atoms with Gasteiger partial charge in [0.15, 0.2) is 0 Å². The Bertz CT molecular complexity index is 534. The van der Waals surface area contributed by atoms with Gasteiger partial charge in [-0.3, -0.25) is 9.69 Å². The lowest BCUT2D eigenvalue weighted by Crippen LogP contribution is -2.43. The molecule has 0 spiro atoms. The van der Waals surface area contributed by atoms with E-state index in [2.05, 4.69) is 15.5 Å². The fraction of sp³-hybridized carbons (Fsp3) is 0.562. The normalized spacial score (nSPS) is 25.6. The molecule has 1 aromatic rings. The van der Waals surface area contributed by atoms with E-state index in [1.54, 1.807) is 0 Å². The zero-order valence-corrected chi connectivity index (χ0v) is 13.1. The van der Waals surface area contributed by atoms with E-state index in [1.807, 2.05) is 25.1 Å². The highest BCUT2D eigenvalue weighted by Gasteiger charge is 2.33. The maximum Gasteiger partial charge on any atom is 0.238 e. The summed E-state index contributed by atoms with van der Waals surface area (Å²) in [7, 11) is 0. The molecular formula is C16H22ClN3O. The molecule has 2 aliphatic heterocycles. The highest BCUT2D eigenvalue weighted by atomic mass is 35.5. The standard InChI is InChI=1S/C16H22ClN3O/c1-11-2-3-14(17)6-15(11)19-16(21)10-20-5-4-12-7-18-8-13(12)9-20/h2-3,6,12-13,18H,4-5,7-10H2,1H3,(H,19,21). The molecule has 2 aliphatic rings. The molecule has 2 unspecified atom stereocenters. The van der Waals surface area contributed by atoms with Crippen LogP contribution in [0, 0.1) is 18.8 Å². The predicted molar refractivity (Wildman–Crippen MR) is 85.7 cm³/mol. The Morgan fingerprint density at radius 3 is 3.10 bits per heavy atom. The molecule has 2 atom stereocenters. The van der Waals surface area contributed by atoms with Crippen molar-refractivity contribution in [1.82, 2.24) is 10.2 Å². The van der Waals surface area contributed by atoms with Crippen LogP contribution in [0.1, 0.15) is 12.0 Å². The zero-order chi connectivity index (χ0) is 14.8. The van der Waals surface area contributed by atoms with Crippen molar-refractivity contribution in [1.29, 1.82) is 0 Å². The quantitative estimate of drug-likeness (QED) is 0.899. The lowest BCUT2D eigenvalue weighted by Gasteiger charge is -2.33. The van der Waals surface area contributed by atoms with Crippen LogP contribution in [-0.4, -0.2) is 43.5 Å². The van der Waals surface area contributed by atoms with Crippen LogP contribution in [-0.2, 0) is 4.79 Å². The van der Waals surface area contributed by atoms with Crippen molar-refractivity contribution in [3.63, 3.8) is 0 Å². The van der Waals surface area contributed by atoms with Crippen LogP contribution in [0.2, 0.25) is 5.02 Å². The van der Waals surface area contributed by atoms with E-state index in [0.29, 0.717) is 17.5 Å². The summed E-state index contributed by atoms with van der Waals surface area (Å²) in [6.45, 7) is 6.73. The first-order valence-electron chi connectivity index (χ1n) is 7.61. The van der Waals surface area contributed by atoms with Crippen molar-refractivity contribution in [3.05, 3.63) is 28.8 Å². The Hall–Kier alpha value is -1.10. The second kappa shape index (κ2) is 6.34. The van der Waals surface area contributed by atoms with Gasteiger partial charge in [0.1, 0.15) is 0 Å². The molecule has 2 N–H and O–H groups in total. The van der Waals surface area contributed by atoms with Gasteiger partial charge in [0, 0.05) is 17.3 Å². The first-order valence-corrected chi connectivity index (χ1v) is 7.98. The van der Waals surface area contributed by atoms with E-state index >= 15 is 0 Å². The lowest BCUT2D eigenvalue weighted by molar-refractivity contribution is -0.117. The van der Waals surface area contributed by atoms with Gasteiger partial charge in [-0.1, -0.05) is 17.7 Å². The monoisotopic (exact) mass is 307 g/mol. The van der Waals surface area contributed by atoms with E-state index < -0.39 is 0 Å². The van der Waals surface area contributed by atoms with Crippen molar-refractivity contribution in [2.24, 2.45) is 11.8 Å². The molecule has 4 nitrogen and oxygen atoms in total. The van der Waals surface area contributed by atoms with Crippen molar-refractivity contribution < 1.29 is 4.79 Å². The van der Waals surface area contributed by atoms with Gasteiger partial charge in [0.2, 0.25) is 5.91 Å². The number of rotatable bonds is 3. The number of amides is 1. The molecule has 0 aliphatic carbocycles. The maximum absolute atomic E-state index is 12.2. The molecule has 0 radical (unpaired) electrons. The van der Waals surface area contributed by atoms with Gasteiger partial charge >= 0.3 is 0 Å². The molecule has 114 valence electrons. The summed E-state index contributed by atoms with van der Waals surface area (Å²) < 4.78 is 0. The molecule has 3 rings (SSSR count). The number of carbonyl (C=O) groups is 1. The molecule has 2 heterocycles. The molecule has 0 bridgehead atoms. The van der Waals surface area contributed by atoms with Gasteiger partial charge in [-0.25, -0.2) is 0 Å². The zero-order valence-electron chi connectivity index (χ0n) is 12.4. The van der Waals surface area contributed by atoms with Gasteiger partial charge in [0.25, 0.3) is 0 Å². The number of hydrogen-bond donors (Lipinski definition) is 2. The first-order chi connectivity index (χ1) is 10.1. The predicted octanol–water partition coefficient (Wildman–Crippen LogP) is 2.13. The van der Waals surface area contributed by atoms with Gasteiger partial charge < -0.3 is 10.6 Å². The molecule has 1 aromatic carbocycles. The Morgan fingerprint density at radius 1 is 1.43 bits per heavy atom. The van der Waals surface area contributed by atoms with Crippen LogP contribution in [0.25, 0.3) is 0 Å². The van der Waals surface area contributed by atoms with Gasteiger partial charge in [-0.15, -0.1) is 0 Å². The number of halogens is 1. The van der Waals surface area contributed by atoms with Gasteiger partial charge in [-0.2, -0.15) is 0 Å². The number of carbonyl (C=O) groups excluding carboxylic acids is 1. The number of piperidine rings is 1. The van der Waals surface area contributed by atoms with Gasteiger partial charge in [0.05, 0.1) is 6.54 Å². The van der Waals surface area contributed by atoms with Crippen LogP contribution in [0.15, 0.2) is 18.2 Å². The molecule has 1 amide bonds. The maximum atomic E-state index is 12.2. The average Bonchev–Trinajstić information content (AvgIpc) is 2.90. The smallest absolute Gasteiger partial charge is 0.238 e. The number of hydrogen-bond acceptors (Lipinski definition) is 3. The summed E-state index contributed by atoms with van der Waals surface area (Å²) in [4.78, 5) is 14.5. The summed E-state index contributed by atoms with van der Waals surface area (Å²) in [5, 5.41) is 7.07. The van der Waals surface area contributed by atoms with Gasteiger partial charge in [-0.05, 0) is 62.5 Å². The van der Waals surface area contributed by atoms with Crippen molar-refractivity contribution in [2.75, 3.05) is 38.0 Å². The number of aryl methyl sites for hydroxylation is 1. The molecule has 0 saturated carbocycles.